The first kappa shape index (κ1) is 26.9. The van der Waals surface area contributed by atoms with Crippen LogP contribution in [0.3, 0.4) is 0 Å². The van der Waals surface area contributed by atoms with E-state index < -0.39 is 30.2 Å². The van der Waals surface area contributed by atoms with Crippen LogP contribution in [0.5, 0.6) is 11.5 Å². The predicted octanol–water partition coefficient (Wildman–Crippen LogP) is 6.67. The van der Waals surface area contributed by atoms with E-state index in [1.807, 2.05) is 0 Å². The van der Waals surface area contributed by atoms with Crippen molar-refractivity contribution < 1.29 is 41.4 Å². The fourth-order valence-corrected chi connectivity index (χ4v) is 2.76. The number of carbonyl (C=O) groups excluding carboxylic acids is 2. The van der Waals surface area contributed by atoms with Gasteiger partial charge in [-0.05, 0) is 54.5 Å². The van der Waals surface area contributed by atoms with Gasteiger partial charge in [0.1, 0.15) is 11.5 Å². The van der Waals surface area contributed by atoms with Crippen molar-refractivity contribution in [3.05, 3.63) is 65.7 Å². The number of unbranched alkanes of at least 4 members (excludes halogenated alkanes) is 4. The van der Waals surface area contributed by atoms with Crippen molar-refractivity contribution >= 4 is 18.0 Å². The minimum absolute atomic E-state index is 0.00845. The molecule has 34 heavy (non-hydrogen) atoms. The Hall–Kier alpha value is -3.36. The lowest BCUT2D eigenvalue weighted by atomic mass is 10.2. The van der Waals surface area contributed by atoms with E-state index >= 15 is 0 Å². The third-order valence-corrected chi connectivity index (χ3v) is 4.59. The molecule has 0 spiro atoms. The second kappa shape index (κ2) is 13.4. The Bertz CT molecular complexity index is 941. The van der Waals surface area contributed by atoms with Crippen molar-refractivity contribution in [2.45, 2.75) is 51.6 Å². The average Bonchev–Trinajstić information content (AvgIpc) is 2.81. The summed E-state index contributed by atoms with van der Waals surface area (Å²) < 4.78 is 64.5. The van der Waals surface area contributed by atoms with E-state index in [4.69, 9.17) is 9.47 Å². The third kappa shape index (κ3) is 9.25. The van der Waals surface area contributed by atoms with Gasteiger partial charge >= 0.3 is 24.5 Å². The summed E-state index contributed by atoms with van der Waals surface area (Å²) in [6, 6.07) is 10.4. The monoisotopic (exact) mass is 482 g/mol. The summed E-state index contributed by atoms with van der Waals surface area (Å²) in [5, 5.41) is 0. The Labute approximate surface area is 195 Å². The Morgan fingerprint density at radius 1 is 0.912 bits per heavy atom. The van der Waals surface area contributed by atoms with Crippen LogP contribution in [0.25, 0.3) is 6.08 Å². The van der Waals surface area contributed by atoms with Gasteiger partial charge in [-0.25, -0.2) is 9.59 Å². The van der Waals surface area contributed by atoms with E-state index in [2.05, 4.69) is 11.7 Å². The van der Waals surface area contributed by atoms with Crippen molar-refractivity contribution in [2.75, 3.05) is 6.61 Å². The van der Waals surface area contributed by atoms with Gasteiger partial charge in [0.2, 0.25) is 0 Å². The Morgan fingerprint density at radius 3 is 2.15 bits per heavy atom. The summed E-state index contributed by atoms with van der Waals surface area (Å²) in [5.41, 5.74) is 0.690. The lowest BCUT2D eigenvalue weighted by Gasteiger charge is -2.16. The molecule has 2 aromatic carbocycles. The lowest BCUT2D eigenvalue weighted by Crippen LogP contribution is -2.33. The van der Waals surface area contributed by atoms with Crippen molar-refractivity contribution in [3.8, 4) is 11.5 Å². The molecule has 0 heterocycles. The van der Waals surface area contributed by atoms with Crippen LogP contribution < -0.4 is 9.47 Å². The van der Waals surface area contributed by atoms with Gasteiger partial charge in [0, 0.05) is 6.08 Å². The SMILES string of the molecule is CCCCCCCOC(=O)C=Cc1ccc(OC(=O)c2ccc(OC(F)(F)C(F)F)cc2)cc1. The van der Waals surface area contributed by atoms with E-state index in [-0.39, 0.29) is 11.3 Å². The number of benzene rings is 2. The second-order valence-electron chi connectivity index (χ2n) is 7.36. The molecule has 0 radical (unpaired) electrons. The van der Waals surface area contributed by atoms with E-state index in [1.54, 1.807) is 18.2 Å². The summed E-state index contributed by atoms with van der Waals surface area (Å²) in [7, 11) is 0. The highest BCUT2D eigenvalue weighted by Crippen LogP contribution is 2.27. The summed E-state index contributed by atoms with van der Waals surface area (Å²) in [5.74, 6) is -1.53. The molecule has 0 saturated heterocycles. The molecular formula is C25H26F4O5. The quantitative estimate of drug-likeness (QED) is 0.105. The third-order valence-electron chi connectivity index (χ3n) is 4.59. The normalized spacial score (nSPS) is 11.6. The first-order chi connectivity index (χ1) is 16.2. The van der Waals surface area contributed by atoms with Gasteiger partial charge in [-0.15, -0.1) is 0 Å². The molecule has 0 fully saturated rings. The molecule has 0 saturated carbocycles. The molecule has 9 heteroatoms. The van der Waals surface area contributed by atoms with Crippen LogP contribution in [0.4, 0.5) is 17.6 Å². The van der Waals surface area contributed by atoms with Gasteiger partial charge < -0.3 is 14.2 Å². The van der Waals surface area contributed by atoms with Gasteiger partial charge in [0.25, 0.3) is 0 Å². The van der Waals surface area contributed by atoms with Crippen LogP contribution in [0.1, 0.15) is 54.9 Å². The van der Waals surface area contributed by atoms with Crippen LogP contribution in [-0.4, -0.2) is 31.1 Å². The molecule has 0 aliphatic carbocycles. The topological polar surface area (TPSA) is 61.8 Å². The largest absolute Gasteiger partial charge is 0.463 e. The molecule has 0 unspecified atom stereocenters. The average molecular weight is 482 g/mol. The van der Waals surface area contributed by atoms with Crippen LogP contribution in [-0.2, 0) is 9.53 Å². The maximum Gasteiger partial charge on any atom is 0.461 e. The minimum Gasteiger partial charge on any atom is -0.463 e. The molecule has 0 N–H and O–H groups in total. The van der Waals surface area contributed by atoms with Crippen LogP contribution in [0, 0.1) is 0 Å². The Morgan fingerprint density at radius 2 is 1.53 bits per heavy atom. The molecular weight excluding hydrogens is 456 g/mol. The zero-order valence-corrected chi connectivity index (χ0v) is 18.6. The van der Waals surface area contributed by atoms with E-state index in [1.165, 1.54) is 24.6 Å². The molecule has 5 nitrogen and oxygen atoms in total. The lowest BCUT2D eigenvalue weighted by molar-refractivity contribution is -0.253. The number of hydrogen-bond acceptors (Lipinski definition) is 5. The molecule has 0 aromatic heterocycles. The van der Waals surface area contributed by atoms with Crippen molar-refractivity contribution in [3.63, 3.8) is 0 Å². The van der Waals surface area contributed by atoms with Crippen LogP contribution in [0.15, 0.2) is 54.6 Å². The standard InChI is InChI=1S/C25H26F4O5/c1-2-3-4-5-6-17-32-22(30)16-9-18-7-12-20(13-8-18)33-23(31)19-10-14-21(15-11-19)34-25(28,29)24(26)27/h7-16,24H,2-6,17H2,1H3. The zero-order chi connectivity index (χ0) is 25.0. The zero-order valence-electron chi connectivity index (χ0n) is 18.6. The fourth-order valence-electron chi connectivity index (χ4n) is 2.76. The molecule has 0 amide bonds. The Kier molecular flexibility index (Phi) is 10.6. The van der Waals surface area contributed by atoms with Gasteiger partial charge in [-0.3, -0.25) is 0 Å². The highest BCUT2D eigenvalue weighted by Gasteiger charge is 2.43. The minimum atomic E-state index is -4.64. The van der Waals surface area contributed by atoms with Gasteiger partial charge in [-0.2, -0.15) is 17.6 Å². The number of hydrogen-bond donors (Lipinski definition) is 0. The smallest absolute Gasteiger partial charge is 0.461 e. The first-order valence-corrected chi connectivity index (χ1v) is 10.8. The van der Waals surface area contributed by atoms with Crippen LogP contribution >= 0.6 is 0 Å². The number of halogens is 4. The van der Waals surface area contributed by atoms with Gasteiger partial charge in [-0.1, -0.05) is 44.7 Å². The highest BCUT2D eigenvalue weighted by atomic mass is 19.3. The van der Waals surface area contributed by atoms with E-state index in [0.29, 0.717) is 12.2 Å². The number of alkyl halides is 4. The van der Waals surface area contributed by atoms with Gasteiger partial charge in [0.15, 0.2) is 0 Å². The van der Waals surface area contributed by atoms with Gasteiger partial charge in [0.05, 0.1) is 12.2 Å². The van der Waals surface area contributed by atoms with E-state index in [9.17, 15) is 27.2 Å². The van der Waals surface area contributed by atoms with E-state index in [0.717, 1.165) is 49.9 Å². The maximum absolute atomic E-state index is 12.9. The summed E-state index contributed by atoms with van der Waals surface area (Å²) in [4.78, 5) is 23.9. The van der Waals surface area contributed by atoms with Crippen molar-refractivity contribution in [2.24, 2.45) is 0 Å². The fraction of sp³-hybridized carbons (Fsp3) is 0.360. The molecule has 2 aromatic rings. The summed E-state index contributed by atoms with van der Waals surface area (Å²) in [6.45, 7) is 2.51. The molecule has 0 bridgehead atoms. The number of carbonyl (C=O) groups is 2. The predicted molar refractivity (Wildman–Crippen MR) is 118 cm³/mol. The highest BCUT2D eigenvalue weighted by molar-refractivity contribution is 5.91. The number of esters is 2. The summed E-state index contributed by atoms with van der Waals surface area (Å²) >= 11 is 0. The molecule has 0 aliphatic heterocycles. The molecule has 0 aliphatic rings. The van der Waals surface area contributed by atoms with Crippen LogP contribution in [0.2, 0.25) is 0 Å². The van der Waals surface area contributed by atoms with Crippen molar-refractivity contribution in [1.82, 2.24) is 0 Å². The van der Waals surface area contributed by atoms with Crippen molar-refractivity contribution in [1.29, 1.82) is 0 Å². The second-order valence-corrected chi connectivity index (χ2v) is 7.36. The Balaban J connectivity index is 1.82. The maximum atomic E-state index is 12.9. The number of rotatable bonds is 13. The summed E-state index contributed by atoms with van der Waals surface area (Å²) in [6.07, 6.45) is -0.434. The molecule has 184 valence electrons. The first-order valence-electron chi connectivity index (χ1n) is 10.8. The molecule has 0 atom stereocenters. The number of ether oxygens (including phenoxy) is 3. The molecule has 2 rings (SSSR count).